The zero-order chi connectivity index (χ0) is 20.0. The minimum Gasteiger partial charge on any atom is -0.334 e. The highest BCUT2D eigenvalue weighted by atomic mass is 32.2. The molecular weight excluding hydrogens is 392 g/mol. The molecule has 2 atom stereocenters. The Morgan fingerprint density at radius 3 is 2.48 bits per heavy atom. The number of hydrogen-bond acceptors (Lipinski definition) is 6. The van der Waals surface area contributed by atoms with E-state index in [0.717, 1.165) is 0 Å². The van der Waals surface area contributed by atoms with Crippen LogP contribution in [0.4, 0.5) is 0 Å². The van der Waals surface area contributed by atoms with Crippen molar-refractivity contribution in [2.75, 3.05) is 18.1 Å². The first kappa shape index (κ1) is 19.8. The Labute approximate surface area is 159 Å². The summed E-state index contributed by atoms with van der Waals surface area (Å²) in [6, 6.07) is 5.06. The number of nitrogens with zero attached hydrogens (tertiary/aromatic N) is 2. The number of carbonyl (C=O) groups excluding carboxylic acids is 2. The second kappa shape index (κ2) is 6.90. The summed E-state index contributed by atoms with van der Waals surface area (Å²) in [6.07, 6.45) is 0.905. The molecule has 10 heteroatoms. The summed E-state index contributed by atoms with van der Waals surface area (Å²) >= 11 is 0. The van der Waals surface area contributed by atoms with Crippen molar-refractivity contribution in [2.24, 2.45) is 0 Å². The van der Waals surface area contributed by atoms with E-state index < -0.39 is 44.3 Å². The highest BCUT2D eigenvalue weighted by molar-refractivity contribution is 7.91. The molecule has 0 radical (unpaired) electrons. The SMILES string of the molecule is CC[C@@H](C)N(C(=O)CN1C(=O)c2ccccc2S1(=O)=O)[C@@H]1CCS(=O)(=O)C1. The maximum atomic E-state index is 13.0. The van der Waals surface area contributed by atoms with Crippen LogP contribution in [0.5, 0.6) is 0 Å². The van der Waals surface area contributed by atoms with Gasteiger partial charge in [0, 0.05) is 12.1 Å². The lowest BCUT2D eigenvalue weighted by Crippen LogP contribution is -2.51. The van der Waals surface area contributed by atoms with Crippen molar-refractivity contribution in [2.45, 2.75) is 43.7 Å². The van der Waals surface area contributed by atoms with Gasteiger partial charge < -0.3 is 4.90 Å². The van der Waals surface area contributed by atoms with E-state index in [9.17, 15) is 26.4 Å². The fraction of sp³-hybridized carbons (Fsp3) is 0.529. The highest BCUT2D eigenvalue weighted by Crippen LogP contribution is 2.30. The van der Waals surface area contributed by atoms with Crippen LogP contribution >= 0.6 is 0 Å². The van der Waals surface area contributed by atoms with Gasteiger partial charge in [-0.2, -0.15) is 0 Å². The molecule has 0 aliphatic carbocycles. The summed E-state index contributed by atoms with van der Waals surface area (Å²) in [5, 5.41) is 0. The molecule has 27 heavy (non-hydrogen) atoms. The molecule has 2 aliphatic heterocycles. The van der Waals surface area contributed by atoms with Crippen molar-refractivity contribution in [3.05, 3.63) is 29.8 Å². The minimum absolute atomic E-state index is 0.00423. The van der Waals surface area contributed by atoms with Crippen molar-refractivity contribution in [1.29, 1.82) is 0 Å². The van der Waals surface area contributed by atoms with Gasteiger partial charge in [0.2, 0.25) is 5.91 Å². The number of fused-ring (bicyclic) bond motifs is 1. The molecule has 8 nitrogen and oxygen atoms in total. The predicted molar refractivity (Wildman–Crippen MR) is 98.3 cm³/mol. The third kappa shape index (κ3) is 3.47. The minimum atomic E-state index is -4.08. The number of amides is 2. The van der Waals surface area contributed by atoms with E-state index in [1.54, 1.807) is 13.0 Å². The van der Waals surface area contributed by atoms with Gasteiger partial charge in [-0.15, -0.1) is 0 Å². The van der Waals surface area contributed by atoms with E-state index in [1.807, 2.05) is 6.92 Å². The fourth-order valence-corrected chi connectivity index (χ4v) is 6.82. The molecule has 0 saturated carbocycles. The molecule has 0 aromatic heterocycles. The number of sulfonamides is 1. The predicted octanol–water partition coefficient (Wildman–Crippen LogP) is 0.645. The van der Waals surface area contributed by atoms with Crippen molar-refractivity contribution in [3.63, 3.8) is 0 Å². The summed E-state index contributed by atoms with van der Waals surface area (Å²) in [5.41, 5.74) is 0.0452. The second-order valence-corrected chi connectivity index (χ2v) is 11.0. The van der Waals surface area contributed by atoms with E-state index in [-0.39, 0.29) is 28.0 Å². The first-order chi connectivity index (χ1) is 12.6. The first-order valence-electron chi connectivity index (χ1n) is 8.76. The van der Waals surface area contributed by atoms with Crippen LogP contribution in [0.1, 0.15) is 37.0 Å². The molecule has 1 aromatic rings. The number of hydrogen-bond donors (Lipinski definition) is 0. The maximum Gasteiger partial charge on any atom is 0.269 e. The Kier molecular flexibility index (Phi) is 5.06. The number of carbonyl (C=O) groups is 2. The van der Waals surface area contributed by atoms with Crippen LogP contribution in [0.2, 0.25) is 0 Å². The van der Waals surface area contributed by atoms with Crippen LogP contribution in [0.25, 0.3) is 0 Å². The average molecular weight is 415 g/mol. The van der Waals surface area contributed by atoms with Gasteiger partial charge in [0.05, 0.1) is 17.1 Å². The molecule has 1 aromatic carbocycles. The molecule has 2 amide bonds. The van der Waals surface area contributed by atoms with Gasteiger partial charge in [-0.25, -0.2) is 21.1 Å². The molecule has 148 valence electrons. The molecule has 1 fully saturated rings. The summed E-state index contributed by atoms with van der Waals surface area (Å²) in [5.74, 6) is -1.42. The van der Waals surface area contributed by atoms with Gasteiger partial charge in [-0.05, 0) is 31.9 Å². The maximum absolute atomic E-state index is 13.0. The van der Waals surface area contributed by atoms with Crippen LogP contribution in [0, 0.1) is 0 Å². The molecule has 2 heterocycles. The van der Waals surface area contributed by atoms with E-state index >= 15 is 0 Å². The largest absolute Gasteiger partial charge is 0.334 e. The average Bonchev–Trinajstić information content (AvgIpc) is 3.05. The van der Waals surface area contributed by atoms with Crippen LogP contribution < -0.4 is 0 Å². The second-order valence-electron chi connectivity index (χ2n) is 6.93. The molecular formula is C17H22N2O6S2. The van der Waals surface area contributed by atoms with E-state index in [2.05, 4.69) is 0 Å². The van der Waals surface area contributed by atoms with Crippen molar-refractivity contribution < 1.29 is 26.4 Å². The Hall–Kier alpha value is -1.94. The standard InChI is InChI=1S/C17H22N2O6S2/c1-3-12(2)19(13-8-9-26(22,23)11-13)16(20)10-18-17(21)14-6-4-5-7-15(14)27(18,24)25/h4-7,12-13H,3,8-11H2,1-2H3/t12-,13-/m1/s1. The zero-order valence-corrected chi connectivity index (χ0v) is 16.8. The normalized spacial score (nSPS) is 23.9. The van der Waals surface area contributed by atoms with Gasteiger partial charge in [0.25, 0.3) is 15.9 Å². The lowest BCUT2D eigenvalue weighted by molar-refractivity contribution is -0.135. The van der Waals surface area contributed by atoms with Crippen molar-refractivity contribution >= 4 is 31.7 Å². The van der Waals surface area contributed by atoms with Crippen LogP contribution in [-0.4, -0.2) is 68.0 Å². The van der Waals surface area contributed by atoms with Gasteiger partial charge in [0.1, 0.15) is 11.4 Å². The van der Waals surface area contributed by atoms with Gasteiger partial charge in [-0.1, -0.05) is 19.1 Å². The van der Waals surface area contributed by atoms with Crippen molar-refractivity contribution in [3.8, 4) is 0 Å². The first-order valence-corrected chi connectivity index (χ1v) is 12.0. The van der Waals surface area contributed by atoms with E-state index in [0.29, 0.717) is 17.1 Å². The lowest BCUT2D eigenvalue weighted by Gasteiger charge is -2.34. The van der Waals surface area contributed by atoms with Gasteiger partial charge in [0.15, 0.2) is 9.84 Å². The Balaban J connectivity index is 1.88. The molecule has 3 rings (SSSR count). The topological polar surface area (TPSA) is 109 Å². The Bertz CT molecular complexity index is 986. The summed E-state index contributed by atoms with van der Waals surface area (Å²) in [6.45, 7) is 3.02. The highest BCUT2D eigenvalue weighted by Gasteiger charge is 2.44. The summed E-state index contributed by atoms with van der Waals surface area (Å²) < 4.78 is 49.6. The molecule has 0 bridgehead atoms. The summed E-state index contributed by atoms with van der Waals surface area (Å²) in [7, 11) is -7.30. The number of rotatable bonds is 5. The van der Waals surface area contributed by atoms with Crippen molar-refractivity contribution in [1.82, 2.24) is 9.21 Å². The molecule has 0 spiro atoms. The van der Waals surface area contributed by atoms with Crippen LogP contribution in [-0.2, 0) is 24.7 Å². The van der Waals surface area contributed by atoms with Crippen LogP contribution in [0.3, 0.4) is 0 Å². The van der Waals surface area contributed by atoms with E-state index in [1.165, 1.54) is 23.1 Å². The number of benzene rings is 1. The van der Waals surface area contributed by atoms with Crippen LogP contribution in [0.15, 0.2) is 29.2 Å². The Morgan fingerprint density at radius 2 is 1.93 bits per heavy atom. The van der Waals surface area contributed by atoms with Gasteiger partial charge in [-0.3, -0.25) is 9.59 Å². The zero-order valence-electron chi connectivity index (χ0n) is 15.2. The fourth-order valence-electron chi connectivity index (χ4n) is 3.59. The van der Waals surface area contributed by atoms with Gasteiger partial charge >= 0.3 is 0 Å². The lowest BCUT2D eigenvalue weighted by atomic mass is 10.1. The molecule has 2 aliphatic rings. The number of sulfone groups is 1. The third-order valence-corrected chi connectivity index (χ3v) is 8.68. The smallest absolute Gasteiger partial charge is 0.269 e. The van der Waals surface area contributed by atoms with E-state index in [4.69, 9.17) is 0 Å². The molecule has 0 unspecified atom stereocenters. The molecule has 0 N–H and O–H groups in total. The molecule has 1 saturated heterocycles. The monoisotopic (exact) mass is 414 g/mol. The quantitative estimate of drug-likeness (QED) is 0.700. The summed E-state index contributed by atoms with van der Waals surface area (Å²) in [4.78, 5) is 26.8. The third-order valence-electron chi connectivity index (χ3n) is 5.15. The Morgan fingerprint density at radius 1 is 1.26 bits per heavy atom.